The Bertz CT molecular complexity index is 1220. The summed E-state index contributed by atoms with van der Waals surface area (Å²) in [5, 5.41) is 11.3. The summed E-state index contributed by atoms with van der Waals surface area (Å²) in [6, 6.07) is 18.5. The van der Waals surface area contributed by atoms with E-state index in [1.165, 1.54) is 37.3 Å². The quantitative estimate of drug-likeness (QED) is 0.342. The molecule has 0 radical (unpaired) electrons. The van der Waals surface area contributed by atoms with Gasteiger partial charge in [-0.1, -0.05) is 49.7 Å². The molecule has 0 aliphatic rings. The van der Waals surface area contributed by atoms with Crippen molar-refractivity contribution in [2.24, 2.45) is 0 Å². The Morgan fingerprint density at radius 2 is 1.62 bits per heavy atom. The molecule has 0 aliphatic heterocycles. The van der Waals surface area contributed by atoms with Gasteiger partial charge in [0.2, 0.25) is 0 Å². The molecule has 0 saturated heterocycles. The van der Waals surface area contributed by atoms with E-state index in [9.17, 15) is 23.3 Å². The standard InChI is InChI=1S/C24H24N2O5S/c1-3-4-9-19-14-16-20(17-15-19)25(32(30,31)21-10-6-5-7-11-21)24(27)22-12-8-13-23(18(22)2)26(28)29/h5-8,10-17H,3-4,9H2,1-2H3. The molecular formula is C24H24N2O5S. The Labute approximate surface area is 187 Å². The van der Waals surface area contributed by atoms with Gasteiger partial charge in [-0.25, -0.2) is 8.42 Å². The van der Waals surface area contributed by atoms with Gasteiger partial charge in [-0.2, -0.15) is 4.31 Å². The fraction of sp³-hybridized carbons (Fsp3) is 0.208. The van der Waals surface area contributed by atoms with Gasteiger partial charge in [-0.3, -0.25) is 14.9 Å². The van der Waals surface area contributed by atoms with Crippen LogP contribution >= 0.6 is 0 Å². The lowest BCUT2D eigenvalue weighted by Gasteiger charge is -2.23. The average molecular weight is 453 g/mol. The van der Waals surface area contributed by atoms with Gasteiger partial charge < -0.3 is 0 Å². The molecule has 3 aromatic carbocycles. The van der Waals surface area contributed by atoms with Crippen LogP contribution in [0.3, 0.4) is 0 Å². The van der Waals surface area contributed by atoms with Crippen LogP contribution in [0.5, 0.6) is 0 Å². The number of amides is 1. The normalized spacial score (nSPS) is 11.2. The number of unbranched alkanes of at least 4 members (excludes halogenated alkanes) is 1. The van der Waals surface area contributed by atoms with E-state index in [2.05, 4.69) is 6.92 Å². The van der Waals surface area contributed by atoms with Gasteiger partial charge >= 0.3 is 0 Å². The average Bonchev–Trinajstić information content (AvgIpc) is 2.79. The van der Waals surface area contributed by atoms with Crippen molar-refractivity contribution in [3.05, 3.63) is 99.6 Å². The number of sulfonamides is 1. The van der Waals surface area contributed by atoms with E-state index in [1.807, 2.05) is 0 Å². The molecule has 0 unspecified atom stereocenters. The predicted octanol–water partition coefficient (Wildman–Crippen LogP) is 5.28. The molecule has 0 atom stereocenters. The first-order chi connectivity index (χ1) is 15.3. The third kappa shape index (κ3) is 4.70. The molecule has 3 aromatic rings. The lowest BCUT2D eigenvalue weighted by atomic mass is 10.1. The van der Waals surface area contributed by atoms with Crippen LogP contribution < -0.4 is 4.31 Å². The van der Waals surface area contributed by atoms with Crippen LogP contribution in [0.2, 0.25) is 0 Å². The molecular weight excluding hydrogens is 428 g/mol. The van der Waals surface area contributed by atoms with Crippen molar-refractivity contribution in [2.75, 3.05) is 4.31 Å². The van der Waals surface area contributed by atoms with Crippen LogP contribution in [-0.4, -0.2) is 19.2 Å². The second kappa shape index (κ2) is 9.74. The summed E-state index contributed by atoms with van der Waals surface area (Å²) in [6.07, 6.45) is 2.87. The fourth-order valence-corrected chi connectivity index (χ4v) is 4.83. The molecule has 166 valence electrons. The van der Waals surface area contributed by atoms with E-state index in [-0.39, 0.29) is 27.4 Å². The van der Waals surface area contributed by atoms with Crippen molar-refractivity contribution in [2.45, 2.75) is 38.0 Å². The van der Waals surface area contributed by atoms with E-state index >= 15 is 0 Å². The number of nitrogens with zero attached hydrogens (tertiary/aromatic N) is 2. The number of carbonyl (C=O) groups excluding carboxylic acids is 1. The molecule has 0 heterocycles. The third-order valence-corrected chi connectivity index (χ3v) is 6.91. The highest BCUT2D eigenvalue weighted by Gasteiger charge is 2.33. The summed E-state index contributed by atoms with van der Waals surface area (Å²) in [6.45, 7) is 3.52. The van der Waals surface area contributed by atoms with E-state index in [0.29, 0.717) is 0 Å². The minimum Gasteiger partial charge on any atom is -0.268 e. The van der Waals surface area contributed by atoms with Crippen LogP contribution in [0.15, 0.2) is 77.7 Å². The number of carbonyl (C=O) groups is 1. The highest BCUT2D eigenvalue weighted by Crippen LogP contribution is 2.29. The second-order valence-corrected chi connectivity index (χ2v) is 9.15. The van der Waals surface area contributed by atoms with Gasteiger partial charge in [0.1, 0.15) is 0 Å². The molecule has 8 heteroatoms. The lowest BCUT2D eigenvalue weighted by molar-refractivity contribution is -0.385. The highest BCUT2D eigenvalue weighted by molar-refractivity contribution is 7.93. The number of benzene rings is 3. The lowest BCUT2D eigenvalue weighted by Crippen LogP contribution is -2.37. The van der Waals surface area contributed by atoms with E-state index in [4.69, 9.17) is 0 Å². The first-order valence-electron chi connectivity index (χ1n) is 10.2. The van der Waals surface area contributed by atoms with Crippen molar-refractivity contribution in [1.82, 2.24) is 0 Å². The Kier molecular flexibility index (Phi) is 7.05. The van der Waals surface area contributed by atoms with Crippen molar-refractivity contribution in [3.8, 4) is 0 Å². The first-order valence-corrected chi connectivity index (χ1v) is 11.7. The SMILES string of the molecule is CCCCc1ccc(N(C(=O)c2cccc([N+](=O)[O-])c2C)S(=O)(=O)c2ccccc2)cc1. The molecule has 3 rings (SSSR count). The van der Waals surface area contributed by atoms with Crippen LogP contribution in [0.1, 0.15) is 41.3 Å². The highest BCUT2D eigenvalue weighted by atomic mass is 32.2. The molecule has 7 nitrogen and oxygen atoms in total. The maximum absolute atomic E-state index is 13.5. The van der Waals surface area contributed by atoms with E-state index < -0.39 is 20.9 Å². The topological polar surface area (TPSA) is 97.6 Å². The zero-order chi connectivity index (χ0) is 23.3. The van der Waals surface area contributed by atoms with Crippen LogP contribution in [-0.2, 0) is 16.4 Å². The largest absolute Gasteiger partial charge is 0.273 e. The minimum absolute atomic E-state index is 0.0474. The van der Waals surface area contributed by atoms with Crippen molar-refractivity contribution < 1.29 is 18.1 Å². The summed E-state index contributed by atoms with van der Waals surface area (Å²) in [7, 11) is -4.27. The van der Waals surface area contributed by atoms with Crippen molar-refractivity contribution in [1.29, 1.82) is 0 Å². The van der Waals surface area contributed by atoms with Gasteiger partial charge in [-0.15, -0.1) is 0 Å². The molecule has 0 aromatic heterocycles. The molecule has 0 saturated carbocycles. The summed E-state index contributed by atoms with van der Waals surface area (Å²) >= 11 is 0. The molecule has 1 amide bonds. The third-order valence-electron chi connectivity index (χ3n) is 5.19. The molecule has 0 bridgehead atoms. The Morgan fingerprint density at radius 3 is 2.22 bits per heavy atom. The molecule has 0 fully saturated rings. The molecule has 0 aliphatic carbocycles. The van der Waals surface area contributed by atoms with Gasteiger partial charge in [-0.05, 0) is 55.7 Å². The summed E-state index contributed by atoms with van der Waals surface area (Å²) < 4.78 is 27.7. The second-order valence-electron chi connectivity index (χ2n) is 7.36. The number of aryl methyl sites for hydroxylation is 1. The maximum Gasteiger partial charge on any atom is 0.273 e. The number of hydrogen-bond acceptors (Lipinski definition) is 5. The van der Waals surface area contributed by atoms with Gasteiger partial charge in [0.05, 0.1) is 21.1 Å². The van der Waals surface area contributed by atoms with Gasteiger partial charge in [0.15, 0.2) is 0 Å². The summed E-state index contributed by atoms with van der Waals surface area (Å²) in [5.74, 6) is -0.851. The fourth-order valence-electron chi connectivity index (χ4n) is 3.40. The predicted molar refractivity (Wildman–Crippen MR) is 123 cm³/mol. The Hall–Kier alpha value is -3.52. The molecule has 0 spiro atoms. The number of hydrogen-bond donors (Lipinski definition) is 0. The zero-order valence-corrected chi connectivity index (χ0v) is 18.7. The Balaban J connectivity index is 2.14. The Morgan fingerprint density at radius 1 is 0.969 bits per heavy atom. The van der Waals surface area contributed by atoms with Gasteiger partial charge in [0, 0.05) is 11.6 Å². The zero-order valence-electron chi connectivity index (χ0n) is 17.9. The number of nitro benzene ring substituents is 1. The van der Waals surface area contributed by atoms with Crippen LogP contribution in [0.4, 0.5) is 11.4 Å². The molecule has 0 N–H and O–H groups in total. The van der Waals surface area contributed by atoms with Crippen molar-refractivity contribution >= 4 is 27.3 Å². The van der Waals surface area contributed by atoms with Crippen LogP contribution in [0.25, 0.3) is 0 Å². The number of nitro groups is 1. The smallest absolute Gasteiger partial charge is 0.268 e. The maximum atomic E-state index is 13.5. The monoisotopic (exact) mass is 452 g/mol. The van der Waals surface area contributed by atoms with Crippen molar-refractivity contribution in [3.63, 3.8) is 0 Å². The number of rotatable bonds is 8. The summed E-state index contributed by atoms with van der Waals surface area (Å²) in [4.78, 5) is 24.2. The number of anilines is 1. The minimum atomic E-state index is -4.27. The van der Waals surface area contributed by atoms with Gasteiger partial charge in [0.25, 0.3) is 21.6 Å². The van der Waals surface area contributed by atoms with E-state index in [1.54, 1.807) is 42.5 Å². The summed E-state index contributed by atoms with van der Waals surface area (Å²) in [5.41, 5.74) is 1.02. The van der Waals surface area contributed by atoms with Crippen LogP contribution in [0, 0.1) is 17.0 Å². The van der Waals surface area contributed by atoms with E-state index in [0.717, 1.165) is 29.1 Å². The first kappa shape index (κ1) is 23.1. The molecule has 32 heavy (non-hydrogen) atoms.